The summed E-state index contributed by atoms with van der Waals surface area (Å²) in [5.41, 5.74) is 10.2. The van der Waals surface area contributed by atoms with Gasteiger partial charge in [0.05, 0.1) is 22.8 Å². The van der Waals surface area contributed by atoms with Crippen LogP contribution in [-0.4, -0.2) is 19.9 Å². The van der Waals surface area contributed by atoms with Crippen molar-refractivity contribution >= 4 is 45.0 Å². The zero-order valence-electron chi connectivity index (χ0n) is 17.8. The third kappa shape index (κ3) is 3.42. The van der Waals surface area contributed by atoms with Crippen LogP contribution in [0.1, 0.15) is 11.4 Å². The summed E-state index contributed by atoms with van der Waals surface area (Å²) in [6.07, 6.45) is 4.08. The molecule has 0 fully saturated rings. The number of rotatable bonds is 0. The van der Waals surface area contributed by atoms with E-state index in [1.807, 2.05) is 12.2 Å². The minimum Gasteiger partial charge on any atom is -0.355 e. The van der Waals surface area contributed by atoms with Gasteiger partial charge >= 0.3 is 0 Å². The first kappa shape index (κ1) is 19.8. The fraction of sp³-hybridized carbons (Fsp3) is 0. The van der Waals surface area contributed by atoms with Crippen molar-refractivity contribution in [3.63, 3.8) is 0 Å². The summed E-state index contributed by atoms with van der Waals surface area (Å²) < 4.78 is 0. The van der Waals surface area contributed by atoms with E-state index >= 15 is 0 Å². The normalized spacial score (nSPS) is 11.9. The summed E-state index contributed by atoms with van der Waals surface area (Å²) in [5.74, 6) is 0. The molecule has 0 saturated heterocycles. The molecule has 0 amide bonds. The molecule has 0 aliphatic carbocycles. The first-order valence-corrected chi connectivity index (χ1v) is 10.7. The molecule has 2 aliphatic heterocycles. The van der Waals surface area contributed by atoms with Crippen molar-refractivity contribution < 1.29 is 19.5 Å². The molecule has 0 saturated carbocycles. The van der Waals surface area contributed by atoms with Crippen LogP contribution in [0.25, 0.3) is 67.5 Å². The molecular weight excluding hydrogens is 458 g/mol. The molecule has 5 heteroatoms. The van der Waals surface area contributed by atoms with E-state index in [4.69, 9.17) is 9.97 Å². The van der Waals surface area contributed by atoms with E-state index in [2.05, 4.69) is 94.9 Å². The van der Waals surface area contributed by atoms with E-state index < -0.39 is 0 Å². The maximum absolute atomic E-state index is 5.05. The molecule has 152 valence electrons. The van der Waals surface area contributed by atoms with Gasteiger partial charge in [-0.1, -0.05) is 36.4 Å². The molecule has 2 aliphatic rings. The fourth-order valence-corrected chi connectivity index (χ4v) is 4.59. The van der Waals surface area contributed by atoms with Gasteiger partial charge in [-0.2, -0.15) is 0 Å². The maximum atomic E-state index is 5.05. The molecule has 5 heterocycles. The molecule has 3 aromatic heterocycles. The molecule has 8 bridgehead atoms. The predicted molar refractivity (Wildman–Crippen MR) is 132 cm³/mol. The summed E-state index contributed by atoms with van der Waals surface area (Å²) in [4.78, 5) is 16.8. The van der Waals surface area contributed by atoms with Crippen LogP contribution in [0, 0.1) is 0 Å². The number of aromatic amines is 2. The van der Waals surface area contributed by atoms with Crippen molar-refractivity contribution in [2.75, 3.05) is 0 Å². The van der Waals surface area contributed by atoms with Crippen LogP contribution >= 0.6 is 0 Å². The van der Waals surface area contributed by atoms with Gasteiger partial charge < -0.3 is 9.97 Å². The molecule has 7 rings (SSSR count). The van der Waals surface area contributed by atoms with Gasteiger partial charge in [-0.3, -0.25) is 0 Å². The molecule has 0 atom stereocenters. The van der Waals surface area contributed by atoms with Gasteiger partial charge in [0.1, 0.15) is 0 Å². The number of hydrogen-bond donors (Lipinski definition) is 2. The average molecular weight is 476 g/mol. The third-order valence-corrected chi connectivity index (χ3v) is 6.04. The Balaban J connectivity index is 0.00000206. The summed E-state index contributed by atoms with van der Waals surface area (Å²) in [6, 6.07) is 29.5. The molecule has 2 aromatic carbocycles. The van der Waals surface area contributed by atoms with E-state index in [9.17, 15) is 0 Å². The van der Waals surface area contributed by atoms with Crippen molar-refractivity contribution in [1.29, 1.82) is 0 Å². The molecular formula is C28H18N4Zn. The Morgan fingerprint density at radius 3 is 2.00 bits per heavy atom. The summed E-state index contributed by atoms with van der Waals surface area (Å²) in [7, 11) is 0. The van der Waals surface area contributed by atoms with Crippen molar-refractivity contribution in [3.05, 3.63) is 96.3 Å². The Morgan fingerprint density at radius 2 is 1.21 bits per heavy atom. The monoisotopic (exact) mass is 474 g/mol. The van der Waals surface area contributed by atoms with E-state index in [1.165, 1.54) is 16.3 Å². The van der Waals surface area contributed by atoms with E-state index in [1.54, 1.807) is 0 Å². The smallest absolute Gasteiger partial charge is 0.0743 e. The summed E-state index contributed by atoms with van der Waals surface area (Å²) in [5, 5.41) is 2.42. The first-order valence-electron chi connectivity index (χ1n) is 10.7. The Bertz CT molecular complexity index is 1740. The van der Waals surface area contributed by atoms with Crippen LogP contribution in [0.15, 0.2) is 84.9 Å². The molecule has 0 unspecified atom stereocenters. The standard InChI is InChI=1S/C28H18N4.Zn/c1-2-4-24-17(3-1)5-12-25-26-15-22-10-8-20(30-22)13-18-6-7-19(29-18)14-21-9-11-23(31-21)16-27(32-26)28(24)25;/h1-16,29,31H;. The quantitative estimate of drug-likeness (QED) is 0.233. The van der Waals surface area contributed by atoms with Gasteiger partial charge in [0.15, 0.2) is 0 Å². The second-order valence-electron chi connectivity index (χ2n) is 8.20. The van der Waals surface area contributed by atoms with Crippen LogP contribution in [0.2, 0.25) is 0 Å². The minimum absolute atomic E-state index is 0. The summed E-state index contributed by atoms with van der Waals surface area (Å²) in [6.45, 7) is 0. The van der Waals surface area contributed by atoms with E-state index in [0.717, 1.165) is 50.4 Å². The minimum atomic E-state index is 0. The Hall–Kier alpha value is -3.82. The number of H-pyrrole nitrogens is 2. The number of nitrogens with zero attached hydrogens (tertiary/aromatic N) is 2. The van der Waals surface area contributed by atoms with Gasteiger partial charge in [0.25, 0.3) is 0 Å². The molecule has 0 spiro atoms. The Kier molecular flexibility index (Phi) is 4.60. The molecule has 5 aromatic rings. The van der Waals surface area contributed by atoms with Crippen molar-refractivity contribution in [2.45, 2.75) is 0 Å². The number of fused-ring (bicyclic) bond motifs is 13. The van der Waals surface area contributed by atoms with E-state index in [-0.39, 0.29) is 19.5 Å². The first-order chi connectivity index (χ1) is 15.8. The Labute approximate surface area is 202 Å². The van der Waals surface area contributed by atoms with Gasteiger partial charge in [-0.05, 0) is 71.5 Å². The van der Waals surface area contributed by atoms with Gasteiger partial charge in [0.2, 0.25) is 0 Å². The maximum Gasteiger partial charge on any atom is 0.0743 e. The Morgan fingerprint density at radius 1 is 0.545 bits per heavy atom. The number of aromatic nitrogens is 4. The second-order valence-corrected chi connectivity index (χ2v) is 8.20. The largest absolute Gasteiger partial charge is 0.355 e. The predicted octanol–water partition coefficient (Wildman–Crippen LogP) is 6.97. The van der Waals surface area contributed by atoms with E-state index in [0.29, 0.717) is 0 Å². The van der Waals surface area contributed by atoms with Crippen molar-refractivity contribution in [3.8, 4) is 22.5 Å². The average Bonchev–Trinajstić information content (AvgIpc) is 3.59. The van der Waals surface area contributed by atoms with Crippen molar-refractivity contribution in [2.24, 2.45) is 0 Å². The second kappa shape index (κ2) is 7.65. The molecule has 0 radical (unpaired) electrons. The topological polar surface area (TPSA) is 57.4 Å². The molecule has 33 heavy (non-hydrogen) atoms. The fourth-order valence-electron chi connectivity index (χ4n) is 4.59. The van der Waals surface area contributed by atoms with Gasteiger partial charge in [-0.25, -0.2) is 9.97 Å². The third-order valence-electron chi connectivity index (χ3n) is 6.04. The van der Waals surface area contributed by atoms with Gasteiger partial charge in [0, 0.05) is 52.7 Å². The van der Waals surface area contributed by atoms with Crippen LogP contribution in [0.5, 0.6) is 0 Å². The zero-order chi connectivity index (χ0) is 21.1. The van der Waals surface area contributed by atoms with Crippen LogP contribution in [0.3, 0.4) is 0 Å². The number of nitrogens with one attached hydrogen (secondary N) is 2. The number of hydrogen-bond acceptors (Lipinski definition) is 2. The summed E-state index contributed by atoms with van der Waals surface area (Å²) >= 11 is 0. The van der Waals surface area contributed by atoms with Crippen LogP contribution < -0.4 is 0 Å². The molecule has 2 N–H and O–H groups in total. The SMILES string of the molecule is C1=Cc2cc3ccc(cc4ccc(cc5nc(cc1n2)-c1ccc2ccccc2c1-5)[nH]4)[nH]3.[Zn]. The molecule has 4 nitrogen and oxygen atoms in total. The van der Waals surface area contributed by atoms with Crippen LogP contribution in [0.4, 0.5) is 0 Å². The van der Waals surface area contributed by atoms with Gasteiger partial charge in [-0.15, -0.1) is 0 Å². The van der Waals surface area contributed by atoms with Crippen LogP contribution in [-0.2, 0) is 19.5 Å². The zero-order valence-corrected chi connectivity index (χ0v) is 20.8. The number of benzene rings is 2. The van der Waals surface area contributed by atoms with Crippen molar-refractivity contribution in [1.82, 2.24) is 19.9 Å².